The molecule has 0 atom stereocenters. The van der Waals surface area contributed by atoms with Crippen molar-refractivity contribution in [1.82, 2.24) is 0 Å². The van der Waals surface area contributed by atoms with Gasteiger partial charge in [0.1, 0.15) is 20.2 Å². The predicted octanol–water partition coefficient (Wildman–Crippen LogP) is -4.80. The van der Waals surface area contributed by atoms with Gasteiger partial charge < -0.3 is 19.7 Å². The quantitative estimate of drug-likeness (QED) is 0.282. The molecule has 2 aromatic carbocycles. The standard InChI is InChI=1S/C18H20N2O8S2.2Na/c1-11(21)19-15-7-5-13(17(9-15)29(23,24)25)3-4-14-6-8-16(20-12(2)22)10-18(14)30(26,27)28;;/h5-10H,3-4H2,1-2H3,(H,19,21)(H,20,22)(H,23,24,25)(H,26,27,28);;/q;2*+1/p-2. The zero-order valence-corrected chi connectivity index (χ0v) is 23.6. The smallest absolute Gasteiger partial charge is 0.744 e. The molecule has 162 valence electrons. The van der Waals surface area contributed by atoms with Gasteiger partial charge in [-0.3, -0.25) is 9.59 Å². The molecule has 0 saturated heterocycles. The summed E-state index contributed by atoms with van der Waals surface area (Å²) in [5.74, 6) is -0.914. The fourth-order valence-electron chi connectivity index (χ4n) is 2.82. The minimum Gasteiger partial charge on any atom is -0.744 e. The van der Waals surface area contributed by atoms with Crippen molar-refractivity contribution < 1.29 is 94.6 Å². The molecule has 0 bridgehead atoms. The van der Waals surface area contributed by atoms with E-state index in [1.807, 2.05) is 0 Å². The second kappa shape index (κ2) is 12.6. The average molecular weight is 500 g/mol. The first-order chi connectivity index (χ1) is 13.8. The van der Waals surface area contributed by atoms with Crippen molar-refractivity contribution in [3.05, 3.63) is 47.5 Å². The Balaban J connectivity index is 0.00000480. The van der Waals surface area contributed by atoms with Crippen molar-refractivity contribution in [1.29, 1.82) is 0 Å². The van der Waals surface area contributed by atoms with Crippen LogP contribution in [0.25, 0.3) is 0 Å². The van der Waals surface area contributed by atoms with Gasteiger partial charge in [0.15, 0.2) is 0 Å². The minimum atomic E-state index is -4.88. The summed E-state index contributed by atoms with van der Waals surface area (Å²) in [6.45, 7) is 2.43. The van der Waals surface area contributed by atoms with Crippen LogP contribution < -0.4 is 69.7 Å². The zero-order chi connectivity index (χ0) is 22.7. The number of benzene rings is 2. The molecule has 0 radical (unpaired) electrons. The third kappa shape index (κ3) is 9.21. The van der Waals surface area contributed by atoms with E-state index in [9.17, 15) is 35.5 Å². The van der Waals surface area contributed by atoms with Crippen LogP contribution in [0.2, 0.25) is 0 Å². The number of amides is 2. The van der Waals surface area contributed by atoms with Gasteiger partial charge >= 0.3 is 59.1 Å². The van der Waals surface area contributed by atoms with Crippen LogP contribution in [0.4, 0.5) is 11.4 Å². The summed E-state index contributed by atoms with van der Waals surface area (Å²) in [7, 11) is -9.77. The maximum absolute atomic E-state index is 11.6. The van der Waals surface area contributed by atoms with Gasteiger partial charge in [0.2, 0.25) is 11.8 Å². The van der Waals surface area contributed by atoms with Crippen molar-refractivity contribution in [2.24, 2.45) is 0 Å². The molecule has 0 aromatic heterocycles. The summed E-state index contributed by atoms with van der Waals surface area (Å²) in [6.07, 6.45) is -0.141. The maximum Gasteiger partial charge on any atom is 1.00 e. The molecule has 32 heavy (non-hydrogen) atoms. The van der Waals surface area contributed by atoms with Crippen LogP contribution in [0, 0.1) is 0 Å². The summed E-state index contributed by atoms with van der Waals surface area (Å²) in [5, 5.41) is 4.74. The van der Waals surface area contributed by atoms with Gasteiger partial charge in [0, 0.05) is 25.2 Å². The van der Waals surface area contributed by atoms with Gasteiger partial charge in [-0.2, -0.15) is 0 Å². The van der Waals surface area contributed by atoms with Crippen molar-refractivity contribution in [2.75, 3.05) is 10.6 Å². The van der Waals surface area contributed by atoms with E-state index < -0.39 is 41.8 Å². The normalized spacial score (nSPS) is 11.0. The van der Waals surface area contributed by atoms with Gasteiger partial charge in [-0.25, -0.2) is 16.8 Å². The number of hydrogen-bond donors (Lipinski definition) is 2. The van der Waals surface area contributed by atoms with Crippen molar-refractivity contribution in [3.8, 4) is 0 Å². The van der Waals surface area contributed by atoms with E-state index in [-0.39, 0.29) is 94.5 Å². The fraction of sp³-hybridized carbons (Fsp3) is 0.222. The molecule has 0 spiro atoms. The van der Waals surface area contributed by atoms with E-state index in [1.54, 1.807) is 0 Å². The van der Waals surface area contributed by atoms with Gasteiger partial charge in [0.25, 0.3) is 0 Å². The molecule has 0 aliphatic carbocycles. The first-order valence-corrected chi connectivity index (χ1v) is 11.3. The molecule has 0 fully saturated rings. The Hall–Kier alpha value is -0.800. The fourth-order valence-corrected chi connectivity index (χ4v) is 4.34. The monoisotopic (exact) mass is 500 g/mol. The zero-order valence-electron chi connectivity index (χ0n) is 18.0. The third-order valence-corrected chi connectivity index (χ3v) is 5.81. The van der Waals surface area contributed by atoms with E-state index in [0.717, 1.165) is 12.1 Å². The number of rotatable bonds is 7. The predicted molar refractivity (Wildman–Crippen MR) is 105 cm³/mol. The van der Waals surface area contributed by atoms with Gasteiger partial charge in [-0.05, 0) is 48.2 Å². The number of nitrogens with one attached hydrogen (secondary N) is 2. The van der Waals surface area contributed by atoms with Crippen LogP contribution in [0.1, 0.15) is 25.0 Å². The molecule has 0 aliphatic rings. The number of anilines is 2. The van der Waals surface area contributed by atoms with Gasteiger partial charge in [-0.1, -0.05) is 12.1 Å². The molecule has 14 heteroatoms. The van der Waals surface area contributed by atoms with Crippen molar-refractivity contribution in [2.45, 2.75) is 36.5 Å². The molecule has 0 aliphatic heterocycles. The Kier molecular flexibility index (Phi) is 12.3. The molecule has 0 unspecified atom stereocenters. The first kappa shape index (κ1) is 31.2. The van der Waals surface area contributed by atoms with E-state index in [4.69, 9.17) is 0 Å². The molecule has 0 heterocycles. The average Bonchev–Trinajstić information content (AvgIpc) is 2.58. The molecular weight excluding hydrogens is 482 g/mol. The molecule has 2 aromatic rings. The molecule has 0 saturated carbocycles. The molecule has 2 rings (SSSR count). The molecular formula is C18H18N2Na2O8S2. The number of hydrogen-bond acceptors (Lipinski definition) is 8. The van der Waals surface area contributed by atoms with E-state index in [0.29, 0.717) is 0 Å². The number of aryl methyl sites for hydroxylation is 2. The Labute approximate surface area is 230 Å². The Morgan fingerprint density at radius 1 is 0.719 bits per heavy atom. The van der Waals surface area contributed by atoms with Crippen molar-refractivity contribution in [3.63, 3.8) is 0 Å². The Morgan fingerprint density at radius 2 is 1.03 bits per heavy atom. The summed E-state index contributed by atoms with van der Waals surface area (Å²) < 4.78 is 69.7. The summed E-state index contributed by atoms with van der Waals surface area (Å²) in [5.41, 5.74) is 0.421. The van der Waals surface area contributed by atoms with Crippen LogP contribution in [-0.2, 0) is 42.7 Å². The van der Waals surface area contributed by atoms with Crippen LogP contribution in [0.3, 0.4) is 0 Å². The van der Waals surface area contributed by atoms with Crippen LogP contribution >= 0.6 is 0 Å². The van der Waals surface area contributed by atoms with Crippen molar-refractivity contribution >= 4 is 43.4 Å². The molecule has 2 amide bonds. The maximum atomic E-state index is 11.6. The van der Waals surface area contributed by atoms with E-state index >= 15 is 0 Å². The second-order valence-corrected chi connectivity index (χ2v) is 9.11. The van der Waals surface area contributed by atoms with Gasteiger partial charge in [0.05, 0.1) is 9.79 Å². The van der Waals surface area contributed by atoms with E-state index in [1.165, 1.54) is 38.1 Å². The minimum absolute atomic E-state index is 0. The van der Waals surface area contributed by atoms with Gasteiger partial charge in [-0.15, -0.1) is 0 Å². The van der Waals surface area contributed by atoms with E-state index in [2.05, 4.69) is 10.6 Å². The summed E-state index contributed by atoms with van der Waals surface area (Å²) in [6, 6.07) is 7.49. The molecule has 10 nitrogen and oxygen atoms in total. The summed E-state index contributed by atoms with van der Waals surface area (Å²) >= 11 is 0. The van der Waals surface area contributed by atoms with Crippen LogP contribution in [-0.4, -0.2) is 37.8 Å². The second-order valence-electron chi connectivity index (χ2n) is 6.42. The number of carbonyl (C=O) groups is 2. The van der Waals surface area contributed by atoms with Crippen LogP contribution in [0.5, 0.6) is 0 Å². The Bertz CT molecular complexity index is 1120. The molecule has 2 N–H and O–H groups in total. The van der Waals surface area contributed by atoms with Crippen LogP contribution in [0.15, 0.2) is 46.2 Å². The first-order valence-electron chi connectivity index (χ1n) is 8.50. The Morgan fingerprint density at radius 3 is 1.28 bits per heavy atom. The topological polar surface area (TPSA) is 173 Å². The largest absolute Gasteiger partial charge is 1.00 e. The third-order valence-electron chi connectivity index (χ3n) is 3.98. The number of carbonyl (C=O) groups excluding carboxylic acids is 2. The SMILES string of the molecule is CC(=O)Nc1ccc(CCc2ccc(NC(C)=O)cc2S(=O)(=O)[O-])c(S(=O)(=O)[O-])c1.[Na+].[Na+]. The summed E-state index contributed by atoms with van der Waals surface area (Å²) in [4.78, 5) is 21.2.